The highest BCUT2D eigenvalue weighted by molar-refractivity contribution is 7.94. The molecule has 6 heteroatoms. The molecule has 0 amide bonds. The van der Waals surface area contributed by atoms with E-state index < -0.39 is 19.7 Å². The monoisotopic (exact) mass is 362 g/mol. The van der Waals surface area contributed by atoms with Crippen molar-refractivity contribution in [3.63, 3.8) is 0 Å². The third kappa shape index (κ3) is 3.66. The van der Waals surface area contributed by atoms with Gasteiger partial charge < -0.3 is 0 Å². The predicted molar refractivity (Wildman–Crippen MR) is 96.4 cm³/mol. The second-order valence-electron chi connectivity index (χ2n) is 5.14. The molecule has 126 valence electrons. The quantitative estimate of drug-likeness (QED) is 0.709. The first-order valence-corrected chi connectivity index (χ1v) is 10.5. The van der Waals surface area contributed by atoms with E-state index in [0.717, 1.165) is 0 Å². The fraction of sp³-hybridized carbons (Fsp3) is 0.111. The molecular weight excluding hydrogens is 344 g/mol. The number of benzene rings is 2. The number of hydrogen-bond donors (Lipinski definition) is 0. The lowest BCUT2D eigenvalue weighted by atomic mass is 10.1. The van der Waals surface area contributed by atoms with E-state index in [1.54, 1.807) is 42.5 Å². The third-order valence-corrected chi connectivity index (χ3v) is 6.93. The van der Waals surface area contributed by atoms with Crippen LogP contribution in [0.3, 0.4) is 0 Å². The standard InChI is InChI=1S/C18H18O4S2/c1-3-13-23(19,20)17-12-8-11-16(15-9-6-5-7-10-15)18(17)24(21,22)14-4-2/h3-12H,1-2,13-14H2. The maximum absolute atomic E-state index is 12.7. The van der Waals surface area contributed by atoms with Gasteiger partial charge in [0.05, 0.1) is 21.3 Å². The summed E-state index contributed by atoms with van der Waals surface area (Å²) in [6.07, 6.45) is 2.50. The molecule has 2 rings (SSSR count). The Morgan fingerprint density at radius 3 is 1.92 bits per heavy atom. The van der Waals surface area contributed by atoms with Gasteiger partial charge in [-0.25, -0.2) is 16.8 Å². The largest absolute Gasteiger partial charge is 0.223 e. The van der Waals surface area contributed by atoms with Gasteiger partial charge in [-0.05, 0) is 11.6 Å². The first-order valence-electron chi connectivity index (χ1n) is 7.19. The summed E-state index contributed by atoms with van der Waals surface area (Å²) >= 11 is 0. The molecule has 0 atom stereocenters. The summed E-state index contributed by atoms with van der Waals surface area (Å²) in [6, 6.07) is 13.3. The molecule has 0 bridgehead atoms. The van der Waals surface area contributed by atoms with Gasteiger partial charge in [0.2, 0.25) is 0 Å². The van der Waals surface area contributed by atoms with Crippen LogP contribution in [0, 0.1) is 0 Å². The minimum absolute atomic E-state index is 0.182. The molecule has 0 saturated heterocycles. The van der Waals surface area contributed by atoms with E-state index in [9.17, 15) is 16.8 Å². The molecule has 0 aliphatic rings. The highest BCUT2D eigenvalue weighted by atomic mass is 32.2. The van der Waals surface area contributed by atoms with Gasteiger partial charge in [0.15, 0.2) is 19.7 Å². The van der Waals surface area contributed by atoms with Crippen LogP contribution in [0.2, 0.25) is 0 Å². The maximum Gasteiger partial charge on any atom is 0.183 e. The number of hydrogen-bond acceptors (Lipinski definition) is 4. The molecule has 0 aromatic heterocycles. The molecule has 0 heterocycles. The summed E-state index contributed by atoms with van der Waals surface area (Å²) in [5.41, 5.74) is 0.998. The average Bonchev–Trinajstić information content (AvgIpc) is 2.55. The van der Waals surface area contributed by atoms with Crippen LogP contribution in [0.4, 0.5) is 0 Å². The Morgan fingerprint density at radius 1 is 0.750 bits per heavy atom. The van der Waals surface area contributed by atoms with E-state index in [0.29, 0.717) is 11.1 Å². The maximum atomic E-state index is 12.7. The molecule has 0 N–H and O–H groups in total. The van der Waals surface area contributed by atoms with Crippen molar-refractivity contribution in [2.24, 2.45) is 0 Å². The molecule has 0 fully saturated rings. The molecule has 4 nitrogen and oxygen atoms in total. The Labute approximate surface area is 143 Å². The molecule has 2 aromatic rings. The van der Waals surface area contributed by atoms with Crippen molar-refractivity contribution >= 4 is 19.7 Å². The fourth-order valence-corrected chi connectivity index (χ4v) is 5.71. The highest BCUT2D eigenvalue weighted by Gasteiger charge is 2.28. The lowest BCUT2D eigenvalue weighted by molar-refractivity contribution is 0.586. The third-order valence-electron chi connectivity index (χ3n) is 3.38. The van der Waals surface area contributed by atoms with E-state index in [4.69, 9.17) is 0 Å². The van der Waals surface area contributed by atoms with Crippen molar-refractivity contribution in [2.75, 3.05) is 11.5 Å². The van der Waals surface area contributed by atoms with Gasteiger partial charge in [0, 0.05) is 5.56 Å². The zero-order valence-corrected chi connectivity index (χ0v) is 14.7. The summed E-state index contributed by atoms with van der Waals surface area (Å²) in [5, 5.41) is 0. The molecule has 0 spiro atoms. The molecule has 0 unspecified atom stereocenters. The zero-order valence-electron chi connectivity index (χ0n) is 13.1. The smallest absolute Gasteiger partial charge is 0.183 e. The molecule has 0 aliphatic carbocycles. The second-order valence-corrected chi connectivity index (χ2v) is 9.11. The summed E-state index contributed by atoms with van der Waals surface area (Å²) in [4.78, 5) is -0.386. The van der Waals surface area contributed by atoms with Gasteiger partial charge in [-0.3, -0.25) is 0 Å². The Morgan fingerprint density at radius 2 is 1.33 bits per heavy atom. The topological polar surface area (TPSA) is 68.3 Å². The Hall–Kier alpha value is -2.18. The van der Waals surface area contributed by atoms with Gasteiger partial charge in [0.25, 0.3) is 0 Å². The minimum atomic E-state index is -3.85. The summed E-state index contributed by atoms with van der Waals surface area (Å²) in [6.45, 7) is 6.89. The second kappa shape index (κ2) is 7.15. The normalized spacial score (nSPS) is 11.8. The Balaban J connectivity index is 2.89. The van der Waals surface area contributed by atoms with E-state index in [1.807, 2.05) is 0 Å². The fourth-order valence-electron chi connectivity index (χ4n) is 2.41. The SMILES string of the molecule is C=CCS(=O)(=O)c1cccc(-c2ccccc2)c1S(=O)(=O)CC=C. The Bertz CT molecular complexity index is 957. The van der Waals surface area contributed by atoms with E-state index in [1.165, 1.54) is 18.2 Å². The molecule has 0 saturated carbocycles. The van der Waals surface area contributed by atoms with Crippen LogP contribution in [-0.2, 0) is 19.7 Å². The minimum Gasteiger partial charge on any atom is -0.223 e. The van der Waals surface area contributed by atoms with Crippen molar-refractivity contribution in [3.05, 3.63) is 73.8 Å². The predicted octanol–water partition coefficient (Wildman–Crippen LogP) is 3.27. The summed E-state index contributed by atoms with van der Waals surface area (Å²) in [5.74, 6) is -0.671. The summed E-state index contributed by atoms with van der Waals surface area (Å²) in [7, 11) is -7.66. The van der Waals surface area contributed by atoms with Crippen LogP contribution in [-0.4, -0.2) is 28.3 Å². The van der Waals surface area contributed by atoms with Crippen molar-refractivity contribution < 1.29 is 16.8 Å². The molecule has 2 aromatic carbocycles. The molecule has 24 heavy (non-hydrogen) atoms. The summed E-state index contributed by atoms with van der Waals surface area (Å²) < 4.78 is 50.5. The van der Waals surface area contributed by atoms with Crippen molar-refractivity contribution in [3.8, 4) is 11.1 Å². The zero-order chi connectivity index (χ0) is 17.8. The lowest BCUT2D eigenvalue weighted by Gasteiger charge is -2.15. The van der Waals surface area contributed by atoms with Crippen molar-refractivity contribution in [2.45, 2.75) is 9.79 Å². The highest BCUT2D eigenvalue weighted by Crippen LogP contribution is 2.34. The van der Waals surface area contributed by atoms with Gasteiger partial charge in [-0.2, -0.15) is 0 Å². The molecular formula is C18H18O4S2. The van der Waals surface area contributed by atoms with E-state index >= 15 is 0 Å². The van der Waals surface area contributed by atoms with Gasteiger partial charge in [-0.1, -0.05) is 54.6 Å². The van der Waals surface area contributed by atoms with Gasteiger partial charge >= 0.3 is 0 Å². The van der Waals surface area contributed by atoms with Crippen LogP contribution in [0.5, 0.6) is 0 Å². The van der Waals surface area contributed by atoms with Crippen LogP contribution >= 0.6 is 0 Å². The van der Waals surface area contributed by atoms with Crippen LogP contribution < -0.4 is 0 Å². The first-order chi connectivity index (χ1) is 11.3. The van der Waals surface area contributed by atoms with Crippen LogP contribution in [0.25, 0.3) is 11.1 Å². The molecule has 0 radical (unpaired) electrons. The Kier molecular flexibility index (Phi) is 5.41. The van der Waals surface area contributed by atoms with Crippen molar-refractivity contribution in [1.29, 1.82) is 0 Å². The van der Waals surface area contributed by atoms with Crippen molar-refractivity contribution in [1.82, 2.24) is 0 Å². The van der Waals surface area contributed by atoms with E-state index in [2.05, 4.69) is 13.2 Å². The molecule has 0 aliphatic heterocycles. The van der Waals surface area contributed by atoms with Crippen LogP contribution in [0.1, 0.15) is 0 Å². The van der Waals surface area contributed by atoms with Gasteiger partial charge in [0.1, 0.15) is 0 Å². The van der Waals surface area contributed by atoms with Crippen LogP contribution in [0.15, 0.2) is 83.6 Å². The first kappa shape index (κ1) is 18.2. The average molecular weight is 362 g/mol. The number of sulfone groups is 2. The van der Waals surface area contributed by atoms with E-state index in [-0.39, 0.29) is 21.3 Å². The van der Waals surface area contributed by atoms with Gasteiger partial charge in [-0.15, -0.1) is 13.2 Å². The number of rotatable bonds is 7. The lowest BCUT2D eigenvalue weighted by Crippen LogP contribution is -2.15.